The van der Waals surface area contributed by atoms with E-state index in [1.807, 2.05) is 0 Å². The van der Waals surface area contributed by atoms with E-state index in [0.717, 1.165) is 0 Å². The zero-order valence-electron chi connectivity index (χ0n) is 8.55. The van der Waals surface area contributed by atoms with Gasteiger partial charge in [0.2, 0.25) is 0 Å². The van der Waals surface area contributed by atoms with Crippen LogP contribution >= 0.6 is 0 Å². The lowest BCUT2D eigenvalue weighted by Crippen LogP contribution is -1.67. The number of unbranched alkanes of at least 4 members (excludes halogenated alkanes) is 4. The first-order valence-electron chi connectivity index (χ1n) is 5.23. The minimum absolute atomic E-state index is 1.23. The van der Waals surface area contributed by atoms with Crippen molar-refractivity contribution >= 4 is 0 Å². The average Bonchev–Trinajstić information content (AvgIpc) is 2.10. The molecule has 0 saturated carbocycles. The first-order valence-corrected chi connectivity index (χ1v) is 5.23. The second kappa shape index (κ2) is 10.5. The molecule has 0 aliphatic rings. The Labute approximate surface area is 77.4 Å². The summed E-state index contributed by atoms with van der Waals surface area (Å²) in [6.45, 7) is 4.45. The highest BCUT2D eigenvalue weighted by Crippen LogP contribution is 1.97. The molecule has 0 saturated heterocycles. The molecule has 0 nitrogen and oxygen atoms in total. The molecule has 0 unspecified atom stereocenters. The fourth-order valence-corrected chi connectivity index (χ4v) is 0.994. The molecule has 0 N–H and O–H groups in total. The minimum Gasteiger partial charge on any atom is -0.0845 e. The zero-order valence-corrected chi connectivity index (χ0v) is 8.55. The summed E-state index contributed by atoms with van der Waals surface area (Å²) in [7, 11) is 0. The summed E-state index contributed by atoms with van der Waals surface area (Å²) >= 11 is 0. The number of hydrogen-bond donors (Lipinski definition) is 0. The molecule has 0 heteroatoms. The van der Waals surface area contributed by atoms with Gasteiger partial charge in [-0.05, 0) is 12.8 Å². The lowest BCUT2D eigenvalue weighted by Gasteiger charge is -1.87. The molecule has 0 aliphatic carbocycles. The van der Waals surface area contributed by atoms with Gasteiger partial charge in [-0.3, -0.25) is 0 Å². The van der Waals surface area contributed by atoms with E-state index in [-0.39, 0.29) is 0 Å². The van der Waals surface area contributed by atoms with Gasteiger partial charge in [0, 0.05) is 0 Å². The van der Waals surface area contributed by atoms with Gasteiger partial charge < -0.3 is 0 Å². The van der Waals surface area contributed by atoms with Crippen LogP contribution in [-0.2, 0) is 0 Å². The van der Waals surface area contributed by atoms with Crippen LogP contribution in [0.15, 0.2) is 24.3 Å². The first kappa shape index (κ1) is 11.5. The van der Waals surface area contributed by atoms with Crippen molar-refractivity contribution in [1.29, 1.82) is 0 Å². The maximum absolute atomic E-state index is 2.26. The van der Waals surface area contributed by atoms with Gasteiger partial charge >= 0.3 is 0 Å². The van der Waals surface area contributed by atoms with Gasteiger partial charge in [0.05, 0.1) is 0 Å². The molecule has 0 aromatic heterocycles. The van der Waals surface area contributed by atoms with Crippen molar-refractivity contribution in [1.82, 2.24) is 0 Å². The Hall–Kier alpha value is -0.520. The van der Waals surface area contributed by atoms with Gasteiger partial charge in [0.1, 0.15) is 0 Å². The van der Waals surface area contributed by atoms with E-state index in [4.69, 9.17) is 0 Å². The van der Waals surface area contributed by atoms with Crippen LogP contribution in [0.1, 0.15) is 52.4 Å². The van der Waals surface area contributed by atoms with Gasteiger partial charge in [-0.15, -0.1) is 0 Å². The molecule has 12 heavy (non-hydrogen) atoms. The SMILES string of the molecule is CCCC/C=C/C=C/CCCC. The van der Waals surface area contributed by atoms with Crippen LogP contribution in [-0.4, -0.2) is 0 Å². The molecule has 0 heterocycles. The molecule has 0 spiro atoms. The van der Waals surface area contributed by atoms with E-state index in [0.29, 0.717) is 0 Å². The van der Waals surface area contributed by atoms with Gasteiger partial charge in [0.15, 0.2) is 0 Å². The average molecular weight is 166 g/mol. The van der Waals surface area contributed by atoms with Crippen LogP contribution < -0.4 is 0 Å². The highest BCUT2D eigenvalue weighted by Gasteiger charge is 1.77. The number of rotatable bonds is 7. The molecule has 70 valence electrons. The quantitative estimate of drug-likeness (QED) is 0.386. The largest absolute Gasteiger partial charge is 0.0845 e. The number of allylic oxidation sites excluding steroid dienone is 4. The second-order valence-corrected chi connectivity index (χ2v) is 3.14. The van der Waals surface area contributed by atoms with Crippen LogP contribution in [0.25, 0.3) is 0 Å². The summed E-state index contributed by atoms with van der Waals surface area (Å²) in [5, 5.41) is 0. The Bertz CT molecular complexity index is 104. The summed E-state index contributed by atoms with van der Waals surface area (Å²) in [4.78, 5) is 0. The van der Waals surface area contributed by atoms with E-state index >= 15 is 0 Å². The lowest BCUT2D eigenvalue weighted by atomic mass is 10.2. The molecule has 0 aromatic carbocycles. The van der Waals surface area contributed by atoms with Crippen LogP contribution in [0, 0.1) is 0 Å². The summed E-state index contributed by atoms with van der Waals surface area (Å²) in [5.74, 6) is 0. The molecule has 0 aromatic rings. The molecule has 0 rings (SSSR count). The van der Waals surface area contributed by atoms with Gasteiger partial charge in [-0.2, -0.15) is 0 Å². The van der Waals surface area contributed by atoms with Crippen molar-refractivity contribution in [3.63, 3.8) is 0 Å². The van der Waals surface area contributed by atoms with E-state index in [1.165, 1.54) is 38.5 Å². The molecule has 0 aliphatic heterocycles. The van der Waals surface area contributed by atoms with Crippen LogP contribution in [0.5, 0.6) is 0 Å². The second-order valence-electron chi connectivity index (χ2n) is 3.14. The smallest absolute Gasteiger partial charge is 0.0348 e. The van der Waals surface area contributed by atoms with Gasteiger partial charge in [0.25, 0.3) is 0 Å². The maximum atomic E-state index is 2.26. The Morgan fingerprint density at radius 3 is 1.50 bits per heavy atom. The molecule has 0 fully saturated rings. The highest BCUT2D eigenvalue weighted by atomic mass is 13.8. The third-order valence-corrected chi connectivity index (χ3v) is 1.83. The Balaban J connectivity index is 3.15. The standard InChI is InChI=1S/C12H22/c1-3-5-7-9-11-12-10-8-6-4-2/h9-12H,3-8H2,1-2H3/b11-9+,12-10+. The summed E-state index contributed by atoms with van der Waals surface area (Å²) < 4.78 is 0. The molecule has 0 amide bonds. The van der Waals surface area contributed by atoms with Crippen molar-refractivity contribution in [2.75, 3.05) is 0 Å². The minimum atomic E-state index is 1.23. The van der Waals surface area contributed by atoms with Crippen molar-refractivity contribution < 1.29 is 0 Å². The van der Waals surface area contributed by atoms with Crippen molar-refractivity contribution in [2.24, 2.45) is 0 Å². The van der Waals surface area contributed by atoms with Crippen molar-refractivity contribution in [2.45, 2.75) is 52.4 Å². The normalized spacial score (nSPS) is 11.8. The van der Waals surface area contributed by atoms with E-state index in [1.54, 1.807) is 0 Å². The molecule has 0 bridgehead atoms. The third kappa shape index (κ3) is 9.48. The predicted octanol–water partition coefficient (Wildman–Crippen LogP) is 4.48. The molecular weight excluding hydrogens is 144 g/mol. The topological polar surface area (TPSA) is 0 Å². The highest BCUT2D eigenvalue weighted by molar-refractivity contribution is 5.02. The predicted molar refractivity (Wildman–Crippen MR) is 57.3 cm³/mol. The summed E-state index contributed by atoms with van der Waals surface area (Å²) in [5.41, 5.74) is 0. The third-order valence-electron chi connectivity index (χ3n) is 1.83. The van der Waals surface area contributed by atoms with E-state index in [9.17, 15) is 0 Å². The fourth-order valence-electron chi connectivity index (χ4n) is 0.994. The Kier molecular flexibility index (Phi) is 10.0. The molecule has 0 radical (unpaired) electrons. The van der Waals surface area contributed by atoms with Gasteiger partial charge in [-0.25, -0.2) is 0 Å². The molecular formula is C12H22. The Morgan fingerprint density at radius 2 is 1.17 bits per heavy atom. The van der Waals surface area contributed by atoms with E-state index in [2.05, 4.69) is 38.2 Å². The van der Waals surface area contributed by atoms with E-state index < -0.39 is 0 Å². The van der Waals surface area contributed by atoms with Gasteiger partial charge in [-0.1, -0.05) is 63.8 Å². The van der Waals surface area contributed by atoms with Crippen LogP contribution in [0.3, 0.4) is 0 Å². The first-order chi connectivity index (χ1) is 5.91. The fraction of sp³-hybridized carbons (Fsp3) is 0.667. The lowest BCUT2D eigenvalue weighted by molar-refractivity contribution is 0.812. The van der Waals surface area contributed by atoms with Crippen LogP contribution in [0.2, 0.25) is 0 Å². The van der Waals surface area contributed by atoms with Crippen molar-refractivity contribution in [3.05, 3.63) is 24.3 Å². The van der Waals surface area contributed by atoms with Crippen LogP contribution in [0.4, 0.5) is 0 Å². The maximum Gasteiger partial charge on any atom is -0.0348 e. The summed E-state index contributed by atoms with van der Waals surface area (Å²) in [6.07, 6.45) is 16.5. The van der Waals surface area contributed by atoms with Crippen molar-refractivity contribution in [3.8, 4) is 0 Å². The monoisotopic (exact) mass is 166 g/mol. The zero-order chi connectivity index (χ0) is 9.07. The summed E-state index contributed by atoms with van der Waals surface area (Å²) in [6, 6.07) is 0. The number of hydrogen-bond acceptors (Lipinski definition) is 0. The molecule has 0 atom stereocenters. The Morgan fingerprint density at radius 1 is 0.750 bits per heavy atom.